The smallest absolute Gasteiger partial charge is 0.225 e. The van der Waals surface area contributed by atoms with Crippen molar-refractivity contribution in [1.82, 2.24) is 9.97 Å². The molecule has 0 aliphatic rings. The topological polar surface area (TPSA) is 49.8 Å². The maximum absolute atomic E-state index is 6.31. The molecule has 0 radical (unpaired) electrons. The molecule has 5 heteroatoms. The SMILES string of the molecule is C=CCNc1nc(C)cc(Nc2c(C)cc(C)cc2Cl)n1. The summed E-state index contributed by atoms with van der Waals surface area (Å²) in [5.74, 6) is 1.28. The Hall–Kier alpha value is -2.07. The zero-order chi connectivity index (χ0) is 15.4. The third-order valence-electron chi connectivity index (χ3n) is 2.94. The van der Waals surface area contributed by atoms with Gasteiger partial charge in [0, 0.05) is 18.3 Å². The summed E-state index contributed by atoms with van der Waals surface area (Å²) >= 11 is 6.31. The molecule has 2 rings (SSSR count). The molecule has 110 valence electrons. The van der Waals surface area contributed by atoms with E-state index in [4.69, 9.17) is 11.6 Å². The van der Waals surface area contributed by atoms with Gasteiger partial charge in [0.15, 0.2) is 0 Å². The maximum atomic E-state index is 6.31. The molecule has 1 heterocycles. The molecule has 2 aromatic rings. The van der Waals surface area contributed by atoms with Crippen LogP contribution in [0.3, 0.4) is 0 Å². The third-order valence-corrected chi connectivity index (χ3v) is 3.24. The number of rotatable bonds is 5. The fraction of sp³-hybridized carbons (Fsp3) is 0.250. The van der Waals surface area contributed by atoms with Crippen LogP contribution in [0.4, 0.5) is 17.5 Å². The Kier molecular flexibility index (Phi) is 4.81. The molecule has 0 bridgehead atoms. The second kappa shape index (κ2) is 6.59. The Morgan fingerprint density at radius 3 is 2.62 bits per heavy atom. The normalized spacial score (nSPS) is 10.3. The predicted octanol–water partition coefficient (Wildman–Crippen LogP) is 4.40. The van der Waals surface area contributed by atoms with Crippen LogP contribution >= 0.6 is 11.6 Å². The van der Waals surface area contributed by atoms with E-state index in [9.17, 15) is 0 Å². The Bertz CT molecular complexity index is 644. The standard InChI is InChI=1S/C16H19ClN4/c1-5-6-18-16-19-12(4)9-14(21-16)20-15-11(3)7-10(2)8-13(15)17/h5,7-9H,1,6H2,2-4H3,(H2,18,19,20,21). The molecule has 0 unspecified atom stereocenters. The lowest BCUT2D eigenvalue weighted by atomic mass is 10.1. The van der Waals surface area contributed by atoms with E-state index in [1.165, 1.54) is 0 Å². The molecular weight excluding hydrogens is 284 g/mol. The number of hydrogen-bond donors (Lipinski definition) is 2. The van der Waals surface area contributed by atoms with E-state index in [0.717, 1.165) is 22.5 Å². The van der Waals surface area contributed by atoms with E-state index >= 15 is 0 Å². The van der Waals surface area contributed by atoms with Crippen LogP contribution in [0.5, 0.6) is 0 Å². The molecule has 0 spiro atoms. The molecule has 0 saturated heterocycles. The van der Waals surface area contributed by atoms with Gasteiger partial charge in [0.25, 0.3) is 0 Å². The minimum absolute atomic E-state index is 0.568. The van der Waals surface area contributed by atoms with E-state index < -0.39 is 0 Å². The summed E-state index contributed by atoms with van der Waals surface area (Å²) in [6, 6.07) is 5.90. The summed E-state index contributed by atoms with van der Waals surface area (Å²) in [4.78, 5) is 8.76. The summed E-state index contributed by atoms with van der Waals surface area (Å²) in [5, 5.41) is 7.05. The van der Waals surface area contributed by atoms with Gasteiger partial charge < -0.3 is 10.6 Å². The Morgan fingerprint density at radius 2 is 1.95 bits per heavy atom. The molecule has 21 heavy (non-hydrogen) atoms. The van der Waals surface area contributed by atoms with Gasteiger partial charge in [-0.3, -0.25) is 0 Å². The number of aromatic nitrogens is 2. The first-order valence-electron chi connectivity index (χ1n) is 6.74. The zero-order valence-corrected chi connectivity index (χ0v) is 13.3. The monoisotopic (exact) mass is 302 g/mol. The highest BCUT2D eigenvalue weighted by Crippen LogP contribution is 2.30. The summed E-state index contributed by atoms with van der Waals surface area (Å²) < 4.78 is 0. The van der Waals surface area contributed by atoms with Crippen molar-refractivity contribution in [2.24, 2.45) is 0 Å². The van der Waals surface area contributed by atoms with Gasteiger partial charge in [-0.25, -0.2) is 4.98 Å². The molecular formula is C16H19ClN4. The van der Waals surface area contributed by atoms with Crippen molar-refractivity contribution < 1.29 is 0 Å². The van der Waals surface area contributed by atoms with E-state index in [2.05, 4.69) is 33.2 Å². The highest BCUT2D eigenvalue weighted by molar-refractivity contribution is 6.33. The zero-order valence-electron chi connectivity index (χ0n) is 12.5. The van der Waals surface area contributed by atoms with E-state index in [0.29, 0.717) is 23.3 Å². The first-order chi connectivity index (χ1) is 9.99. The Labute approximate surface area is 130 Å². The average Bonchev–Trinajstić information content (AvgIpc) is 2.40. The third kappa shape index (κ3) is 3.95. The lowest BCUT2D eigenvalue weighted by Gasteiger charge is -2.13. The van der Waals surface area contributed by atoms with Crippen molar-refractivity contribution in [2.75, 3.05) is 17.2 Å². The molecule has 0 fully saturated rings. The molecule has 1 aromatic carbocycles. The van der Waals surface area contributed by atoms with Gasteiger partial charge in [0.2, 0.25) is 5.95 Å². The quantitative estimate of drug-likeness (QED) is 0.804. The van der Waals surface area contributed by atoms with Crippen molar-refractivity contribution in [3.8, 4) is 0 Å². The molecule has 0 amide bonds. The fourth-order valence-electron chi connectivity index (χ4n) is 2.08. The number of hydrogen-bond acceptors (Lipinski definition) is 4. The van der Waals surface area contributed by atoms with E-state index in [1.54, 1.807) is 6.08 Å². The summed E-state index contributed by atoms with van der Waals surface area (Å²) in [6.07, 6.45) is 1.76. The first-order valence-corrected chi connectivity index (χ1v) is 7.11. The van der Waals surface area contributed by atoms with Gasteiger partial charge in [-0.1, -0.05) is 23.7 Å². The lowest BCUT2D eigenvalue weighted by molar-refractivity contribution is 1.08. The molecule has 0 aliphatic carbocycles. The van der Waals surface area contributed by atoms with Gasteiger partial charge in [0.05, 0.1) is 10.7 Å². The molecule has 4 nitrogen and oxygen atoms in total. The van der Waals surface area contributed by atoms with Crippen molar-refractivity contribution >= 4 is 29.1 Å². The van der Waals surface area contributed by atoms with Gasteiger partial charge in [0.1, 0.15) is 5.82 Å². The molecule has 0 saturated carbocycles. The van der Waals surface area contributed by atoms with Crippen LogP contribution < -0.4 is 10.6 Å². The lowest BCUT2D eigenvalue weighted by Crippen LogP contribution is -2.06. The highest BCUT2D eigenvalue weighted by Gasteiger charge is 2.08. The van der Waals surface area contributed by atoms with Crippen LogP contribution in [0.15, 0.2) is 30.9 Å². The summed E-state index contributed by atoms with van der Waals surface area (Å²) in [6.45, 7) is 10.3. The van der Waals surface area contributed by atoms with Crippen LogP contribution in [-0.2, 0) is 0 Å². The second-order valence-electron chi connectivity index (χ2n) is 4.95. The van der Waals surface area contributed by atoms with Crippen LogP contribution in [0.2, 0.25) is 5.02 Å². The first kappa shape index (κ1) is 15.3. The van der Waals surface area contributed by atoms with E-state index in [1.807, 2.05) is 32.9 Å². The minimum atomic E-state index is 0.568. The maximum Gasteiger partial charge on any atom is 0.225 e. The molecule has 0 aliphatic heterocycles. The Balaban J connectivity index is 2.31. The number of halogens is 1. The van der Waals surface area contributed by atoms with Crippen molar-refractivity contribution in [3.05, 3.63) is 52.7 Å². The van der Waals surface area contributed by atoms with Crippen LogP contribution in [0, 0.1) is 20.8 Å². The Morgan fingerprint density at radius 1 is 1.19 bits per heavy atom. The van der Waals surface area contributed by atoms with E-state index in [-0.39, 0.29) is 0 Å². The second-order valence-corrected chi connectivity index (χ2v) is 5.36. The molecule has 1 aromatic heterocycles. The summed E-state index contributed by atoms with van der Waals surface area (Å²) in [5.41, 5.74) is 3.96. The number of nitrogens with zero attached hydrogens (tertiary/aromatic N) is 2. The largest absolute Gasteiger partial charge is 0.351 e. The number of aryl methyl sites for hydroxylation is 3. The minimum Gasteiger partial charge on any atom is -0.351 e. The van der Waals surface area contributed by atoms with Crippen molar-refractivity contribution in [3.63, 3.8) is 0 Å². The molecule has 0 atom stereocenters. The highest BCUT2D eigenvalue weighted by atomic mass is 35.5. The van der Waals surface area contributed by atoms with Crippen LogP contribution in [0.25, 0.3) is 0 Å². The average molecular weight is 303 g/mol. The van der Waals surface area contributed by atoms with Gasteiger partial charge in [-0.2, -0.15) is 4.98 Å². The number of nitrogens with one attached hydrogen (secondary N) is 2. The molecule has 2 N–H and O–H groups in total. The van der Waals surface area contributed by atoms with Crippen LogP contribution in [0.1, 0.15) is 16.8 Å². The fourth-order valence-corrected chi connectivity index (χ4v) is 2.45. The van der Waals surface area contributed by atoms with Gasteiger partial charge in [-0.05, 0) is 38.0 Å². The predicted molar refractivity (Wildman–Crippen MR) is 89.7 cm³/mol. The van der Waals surface area contributed by atoms with Gasteiger partial charge >= 0.3 is 0 Å². The van der Waals surface area contributed by atoms with Crippen molar-refractivity contribution in [2.45, 2.75) is 20.8 Å². The number of benzene rings is 1. The van der Waals surface area contributed by atoms with Crippen LogP contribution in [-0.4, -0.2) is 16.5 Å². The summed E-state index contributed by atoms with van der Waals surface area (Å²) in [7, 11) is 0. The van der Waals surface area contributed by atoms with Crippen molar-refractivity contribution in [1.29, 1.82) is 0 Å². The number of anilines is 3. The van der Waals surface area contributed by atoms with Gasteiger partial charge in [-0.15, -0.1) is 6.58 Å².